The first-order valence-electron chi connectivity index (χ1n) is 6.96. The summed E-state index contributed by atoms with van der Waals surface area (Å²) in [6.07, 6.45) is 7.97. The minimum Gasteiger partial charge on any atom is -0.294 e. The summed E-state index contributed by atoms with van der Waals surface area (Å²) < 4.78 is 0. The molecular weight excluding hydrogens is 224 g/mol. The minimum atomic E-state index is 0.0501. The number of aromatic nitrogens is 2. The molecule has 1 saturated carbocycles. The summed E-state index contributed by atoms with van der Waals surface area (Å²) >= 11 is 0. The van der Waals surface area contributed by atoms with Gasteiger partial charge in [-0.15, -0.1) is 0 Å². The van der Waals surface area contributed by atoms with Crippen molar-refractivity contribution in [3.05, 3.63) is 23.3 Å². The van der Waals surface area contributed by atoms with Crippen LogP contribution in [0.5, 0.6) is 0 Å². The molecule has 0 amide bonds. The molecule has 0 bridgehead atoms. The highest BCUT2D eigenvalue weighted by atomic mass is 16.1. The summed E-state index contributed by atoms with van der Waals surface area (Å²) in [7, 11) is 0. The van der Waals surface area contributed by atoms with Crippen molar-refractivity contribution in [2.24, 2.45) is 5.92 Å². The third kappa shape index (κ3) is 2.77. The third-order valence-corrected chi connectivity index (χ3v) is 4.10. The van der Waals surface area contributed by atoms with E-state index in [-0.39, 0.29) is 5.78 Å². The molecule has 1 aromatic rings. The van der Waals surface area contributed by atoms with Crippen molar-refractivity contribution in [1.29, 1.82) is 0 Å². The molecule has 0 radical (unpaired) electrons. The minimum absolute atomic E-state index is 0.0501. The molecule has 18 heavy (non-hydrogen) atoms. The number of rotatable bonds is 3. The lowest BCUT2D eigenvalue weighted by Crippen LogP contribution is -2.17. The Labute approximate surface area is 109 Å². The molecule has 0 saturated heterocycles. The van der Waals surface area contributed by atoms with E-state index in [0.717, 1.165) is 17.4 Å². The topological polar surface area (TPSA) is 42.9 Å². The molecule has 2 unspecified atom stereocenters. The largest absolute Gasteiger partial charge is 0.294 e. The first-order valence-corrected chi connectivity index (χ1v) is 6.96. The van der Waals surface area contributed by atoms with Gasteiger partial charge in [0.25, 0.3) is 0 Å². The van der Waals surface area contributed by atoms with E-state index < -0.39 is 0 Å². The van der Waals surface area contributed by atoms with Crippen molar-refractivity contribution < 1.29 is 4.79 Å². The number of ketones is 1. The number of nitrogens with zero attached hydrogens (tertiary/aromatic N) is 2. The van der Waals surface area contributed by atoms with Gasteiger partial charge in [-0.05, 0) is 32.6 Å². The highest BCUT2D eigenvalue weighted by Crippen LogP contribution is 2.36. The summed E-state index contributed by atoms with van der Waals surface area (Å²) in [6.45, 7) is 5.74. The van der Waals surface area contributed by atoms with Gasteiger partial charge in [-0.2, -0.15) is 0 Å². The van der Waals surface area contributed by atoms with Crippen molar-refractivity contribution in [3.8, 4) is 0 Å². The highest BCUT2D eigenvalue weighted by Gasteiger charge is 2.24. The van der Waals surface area contributed by atoms with Crippen LogP contribution >= 0.6 is 0 Å². The van der Waals surface area contributed by atoms with Crippen molar-refractivity contribution in [3.63, 3.8) is 0 Å². The molecule has 1 fully saturated rings. The number of Topliss-reactive ketones (excluding diaryl/α,β-unsaturated/α-hetero) is 1. The Bertz CT molecular complexity index is 442. The molecule has 2 atom stereocenters. The first-order chi connectivity index (χ1) is 8.61. The van der Waals surface area contributed by atoms with Crippen LogP contribution < -0.4 is 0 Å². The maximum Gasteiger partial charge on any atom is 0.163 e. The highest BCUT2D eigenvalue weighted by molar-refractivity contribution is 5.94. The van der Waals surface area contributed by atoms with Gasteiger partial charge in [-0.3, -0.25) is 4.79 Å². The molecule has 0 N–H and O–H groups in total. The number of carbonyl (C=O) groups excluding carboxylic acids is 1. The number of hydrogen-bond donors (Lipinski definition) is 0. The predicted molar refractivity (Wildman–Crippen MR) is 71.8 cm³/mol. The number of hydrogen-bond acceptors (Lipinski definition) is 3. The van der Waals surface area contributed by atoms with E-state index in [1.54, 1.807) is 13.1 Å². The van der Waals surface area contributed by atoms with E-state index in [0.29, 0.717) is 11.5 Å². The van der Waals surface area contributed by atoms with Gasteiger partial charge in [0.1, 0.15) is 5.82 Å². The molecule has 1 aromatic heterocycles. The fourth-order valence-electron chi connectivity index (χ4n) is 2.92. The molecular formula is C15H22N2O. The third-order valence-electron chi connectivity index (χ3n) is 4.10. The Morgan fingerprint density at radius 1 is 1.44 bits per heavy atom. The van der Waals surface area contributed by atoms with Crippen LogP contribution in [0.2, 0.25) is 0 Å². The molecule has 3 nitrogen and oxygen atoms in total. The molecule has 0 aromatic carbocycles. The van der Waals surface area contributed by atoms with E-state index in [1.165, 1.54) is 32.1 Å². The average molecular weight is 246 g/mol. The van der Waals surface area contributed by atoms with Crippen molar-refractivity contribution in [2.75, 3.05) is 0 Å². The monoisotopic (exact) mass is 246 g/mol. The van der Waals surface area contributed by atoms with Gasteiger partial charge in [0.2, 0.25) is 0 Å². The summed E-state index contributed by atoms with van der Waals surface area (Å²) in [6, 6.07) is 0. The van der Waals surface area contributed by atoms with E-state index in [1.807, 2.05) is 6.92 Å². The Morgan fingerprint density at radius 2 is 2.22 bits per heavy atom. The van der Waals surface area contributed by atoms with Gasteiger partial charge in [-0.25, -0.2) is 9.97 Å². The molecule has 3 heteroatoms. The van der Waals surface area contributed by atoms with Gasteiger partial charge in [-0.1, -0.05) is 26.2 Å². The first kappa shape index (κ1) is 13.2. The Kier molecular flexibility index (Phi) is 4.10. The second kappa shape index (κ2) is 5.59. The quantitative estimate of drug-likeness (QED) is 0.764. The SMILES string of the molecule is CCC1CCCC(c2ncc(C(C)=O)c(C)n2)C1. The van der Waals surface area contributed by atoms with Crippen LogP contribution in [-0.2, 0) is 0 Å². The molecule has 1 aliphatic carbocycles. The maximum absolute atomic E-state index is 11.4. The molecule has 1 heterocycles. The summed E-state index contributed by atoms with van der Waals surface area (Å²) in [4.78, 5) is 20.3. The zero-order chi connectivity index (χ0) is 13.1. The zero-order valence-corrected chi connectivity index (χ0v) is 11.6. The Hall–Kier alpha value is -1.25. The number of carbonyl (C=O) groups is 1. The van der Waals surface area contributed by atoms with E-state index >= 15 is 0 Å². The van der Waals surface area contributed by atoms with Crippen LogP contribution in [-0.4, -0.2) is 15.8 Å². The fraction of sp³-hybridized carbons (Fsp3) is 0.667. The van der Waals surface area contributed by atoms with Crippen LogP contribution in [0.15, 0.2) is 6.20 Å². The Balaban J connectivity index is 2.18. The van der Waals surface area contributed by atoms with Crippen molar-refractivity contribution in [2.45, 2.75) is 58.8 Å². The second-order valence-corrected chi connectivity index (χ2v) is 5.42. The maximum atomic E-state index is 11.4. The summed E-state index contributed by atoms with van der Waals surface area (Å²) in [5.74, 6) is 2.30. The van der Waals surface area contributed by atoms with Crippen LogP contribution in [0.25, 0.3) is 0 Å². The van der Waals surface area contributed by atoms with E-state index in [9.17, 15) is 4.79 Å². The van der Waals surface area contributed by atoms with Gasteiger partial charge >= 0.3 is 0 Å². The average Bonchev–Trinajstić information content (AvgIpc) is 2.38. The van der Waals surface area contributed by atoms with Crippen LogP contribution in [0.3, 0.4) is 0 Å². The summed E-state index contributed by atoms with van der Waals surface area (Å²) in [5.41, 5.74) is 1.48. The predicted octanol–water partition coefficient (Wildman–Crippen LogP) is 3.67. The lowest BCUT2D eigenvalue weighted by molar-refractivity contribution is 0.101. The Morgan fingerprint density at radius 3 is 2.83 bits per heavy atom. The molecule has 0 aliphatic heterocycles. The molecule has 98 valence electrons. The lowest BCUT2D eigenvalue weighted by atomic mass is 9.80. The lowest BCUT2D eigenvalue weighted by Gasteiger charge is -2.27. The fourth-order valence-corrected chi connectivity index (χ4v) is 2.92. The van der Waals surface area contributed by atoms with Crippen molar-refractivity contribution in [1.82, 2.24) is 9.97 Å². The van der Waals surface area contributed by atoms with Gasteiger partial charge in [0.05, 0.1) is 11.3 Å². The number of aryl methyl sites for hydroxylation is 1. The normalized spacial score (nSPS) is 23.9. The molecule has 0 spiro atoms. The van der Waals surface area contributed by atoms with E-state index in [4.69, 9.17) is 0 Å². The zero-order valence-electron chi connectivity index (χ0n) is 11.6. The van der Waals surface area contributed by atoms with Gasteiger partial charge in [0.15, 0.2) is 5.78 Å². The van der Waals surface area contributed by atoms with Gasteiger partial charge < -0.3 is 0 Å². The summed E-state index contributed by atoms with van der Waals surface area (Å²) in [5, 5.41) is 0. The van der Waals surface area contributed by atoms with E-state index in [2.05, 4.69) is 16.9 Å². The van der Waals surface area contributed by atoms with Crippen LogP contribution in [0.4, 0.5) is 0 Å². The van der Waals surface area contributed by atoms with Gasteiger partial charge in [0, 0.05) is 12.1 Å². The molecule has 2 rings (SSSR count). The molecule has 1 aliphatic rings. The van der Waals surface area contributed by atoms with Crippen LogP contribution in [0, 0.1) is 12.8 Å². The van der Waals surface area contributed by atoms with Crippen LogP contribution in [0.1, 0.15) is 73.7 Å². The van der Waals surface area contributed by atoms with Crippen molar-refractivity contribution >= 4 is 5.78 Å². The second-order valence-electron chi connectivity index (χ2n) is 5.42. The smallest absolute Gasteiger partial charge is 0.163 e. The standard InChI is InChI=1S/C15H22N2O/c1-4-12-6-5-7-13(8-12)15-16-9-14(11(3)18)10(2)17-15/h9,12-13H,4-8H2,1-3H3.